The topological polar surface area (TPSA) is 24.5 Å². The van der Waals surface area contributed by atoms with Gasteiger partial charge in [-0.15, -0.1) is 0 Å². The molecule has 15 heavy (non-hydrogen) atoms. The van der Waals surface area contributed by atoms with Gasteiger partial charge in [0.2, 0.25) is 0 Å². The second-order valence-corrected chi connectivity index (χ2v) is 3.45. The molecule has 0 heterocycles. The van der Waals surface area contributed by atoms with Crippen LogP contribution >= 0.6 is 12.2 Å². The van der Waals surface area contributed by atoms with Crippen LogP contribution in [-0.2, 0) is 0 Å². The van der Waals surface area contributed by atoms with Gasteiger partial charge in [-0.25, -0.2) is 0 Å². The van der Waals surface area contributed by atoms with E-state index >= 15 is 0 Å². The molecule has 1 N–H and O–H groups in total. The number of nitrogens with zero attached hydrogens (tertiary/aromatic N) is 1. The Labute approximate surface area is 96.0 Å². The van der Waals surface area contributed by atoms with Gasteiger partial charge in [-0.05, 0) is 31.3 Å². The molecule has 0 saturated heterocycles. The summed E-state index contributed by atoms with van der Waals surface area (Å²) in [6.45, 7) is 2.83. The summed E-state index contributed by atoms with van der Waals surface area (Å²) in [5.41, 5.74) is 0.964. The first-order valence-electron chi connectivity index (χ1n) is 4.85. The van der Waals surface area contributed by atoms with Gasteiger partial charge in [0, 0.05) is 13.6 Å². The van der Waals surface area contributed by atoms with Crippen LogP contribution in [0.1, 0.15) is 6.92 Å². The minimum absolute atomic E-state index is 0.696. The van der Waals surface area contributed by atoms with Gasteiger partial charge < -0.3 is 15.0 Å². The predicted molar refractivity (Wildman–Crippen MR) is 67.7 cm³/mol. The van der Waals surface area contributed by atoms with E-state index in [0.717, 1.165) is 18.0 Å². The molecule has 1 rings (SSSR count). The fraction of sp³-hybridized carbons (Fsp3) is 0.364. The van der Waals surface area contributed by atoms with Gasteiger partial charge in [0.05, 0.1) is 12.8 Å². The Kier molecular flexibility index (Phi) is 4.37. The summed E-state index contributed by atoms with van der Waals surface area (Å²) in [7, 11) is 3.58. The van der Waals surface area contributed by atoms with Crippen molar-refractivity contribution in [1.29, 1.82) is 0 Å². The van der Waals surface area contributed by atoms with Crippen LogP contribution in [0.2, 0.25) is 0 Å². The van der Waals surface area contributed by atoms with Gasteiger partial charge in [-0.1, -0.05) is 12.1 Å². The summed E-state index contributed by atoms with van der Waals surface area (Å²) >= 11 is 5.22. The lowest BCUT2D eigenvalue weighted by Gasteiger charge is -2.22. The second-order valence-electron chi connectivity index (χ2n) is 3.07. The highest BCUT2D eigenvalue weighted by molar-refractivity contribution is 7.80. The Morgan fingerprint density at radius 3 is 2.73 bits per heavy atom. The molecule has 0 aliphatic heterocycles. The molecule has 1 aromatic rings. The smallest absolute Gasteiger partial charge is 0.173 e. The lowest BCUT2D eigenvalue weighted by molar-refractivity contribution is 0.416. The molecule has 0 spiro atoms. The van der Waals surface area contributed by atoms with E-state index in [1.54, 1.807) is 7.11 Å². The van der Waals surface area contributed by atoms with E-state index < -0.39 is 0 Å². The number of para-hydroxylation sites is 2. The van der Waals surface area contributed by atoms with Crippen LogP contribution in [0.25, 0.3) is 0 Å². The number of hydrogen-bond donors (Lipinski definition) is 1. The third-order valence-electron chi connectivity index (χ3n) is 2.08. The summed E-state index contributed by atoms with van der Waals surface area (Å²) < 4.78 is 5.27. The minimum Gasteiger partial charge on any atom is -0.495 e. The molecular formula is C11H16N2OS. The van der Waals surface area contributed by atoms with E-state index in [1.807, 2.05) is 43.1 Å². The number of methoxy groups -OCH3 is 1. The minimum atomic E-state index is 0.696. The number of anilines is 1. The van der Waals surface area contributed by atoms with Gasteiger partial charge in [0.1, 0.15) is 5.75 Å². The molecule has 0 radical (unpaired) electrons. The summed E-state index contributed by atoms with van der Waals surface area (Å²) in [6, 6.07) is 7.79. The molecule has 3 nitrogen and oxygen atoms in total. The molecule has 0 aliphatic rings. The van der Waals surface area contributed by atoms with Gasteiger partial charge in [0.15, 0.2) is 5.11 Å². The SMILES string of the molecule is CCNC(=S)N(C)c1ccccc1OC. The highest BCUT2D eigenvalue weighted by Crippen LogP contribution is 2.26. The first-order chi connectivity index (χ1) is 7.20. The predicted octanol–water partition coefficient (Wildman–Crippen LogP) is 2.03. The maximum atomic E-state index is 5.27. The van der Waals surface area contributed by atoms with Crippen LogP contribution in [0.4, 0.5) is 5.69 Å². The third kappa shape index (κ3) is 2.83. The number of hydrogen-bond acceptors (Lipinski definition) is 2. The molecule has 0 unspecified atom stereocenters. The Morgan fingerprint density at radius 1 is 1.47 bits per heavy atom. The zero-order chi connectivity index (χ0) is 11.3. The van der Waals surface area contributed by atoms with Gasteiger partial charge in [0.25, 0.3) is 0 Å². The monoisotopic (exact) mass is 224 g/mol. The van der Waals surface area contributed by atoms with Crippen molar-refractivity contribution >= 4 is 23.0 Å². The number of benzene rings is 1. The highest BCUT2D eigenvalue weighted by Gasteiger charge is 2.10. The van der Waals surface area contributed by atoms with Gasteiger partial charge in [-0.3, -0.25) is 0 Å². The van der Waals surface area contributed by atoms with Crippen molar-refractivity contribution in [2.45, 2.75) is 6.92 Å². The Morgan fingerprint density at radius 2 is 2.13 bits per heavy atom. The molecule has 0 atom stereocenters. The van der Waals surface area contributed by atoms with Crippen LogP contribution in [0.3, 0.4) is 0 Å². The summed E-state index contributed by atoms with van der Waals surface area (Å²) in [4.78, 5) is 1.90. The maximum absolute atomic E-state index is 5.27. The molecule has 0 aromatic heterocycles. The summed E-state index contributed by atoms with van der Waals surface area (Å²) in [5, 5.41) is 3.79. The molecular weight excluding hydrogens is 208 g/mol. The fourth-order valence-corrected chi connectivity index (χ4v) is 1.53. The highest BCUT2D eigenvalue weighted by atomic mass is 32.1. The van der Waals surface area contributed by atoms with Crippen LogP contribution in [-0.4, -0.2) is 25.8 Å². The van der Waals surface area contributed by atoms with Crippen molar-refractivity contribution in [3.63, 3.8) is 0 Å². The summed E-state index contributed by atoms with van der Waals surface area (Å²) in [5.74, 6) is 0.820. The third-order valence-corrected chi connectivity index (χ3v) is 2.50. The Hall–Kier alpha value is -1.29. The van der Waals surface area contributed by atoms with E-state index in [9.17, 15) is 0 Å². The maximum Gasteiger partial charge on any atom is 0.173 e. The quantitative estimate of drug-likeness (QED) is 0.794. The Balaban J connectivity index is 2.89. The molecule has 0 aliphatic carbocycles. The van der Waals surface area contributed by atoms with Crippen LogP contribution in [0.15, 0.2) is 24.3 Å². The number of thiocarbonyl (C=S) groups is 1. The zero-order valence-electron chi connectivity index (χ0n) is 9.28. The van der Waals surface area contributed by atoms with Gasteiger partial charge in [-0.2, -0.15) is 0 Å². The van der Waals surface area contributed by atoms with Crippen LogP contribution in [0.5, 0.6) is 5.75 Å². The first-order valence-corrected chi connectivity index (χ1v) is 5.26. The standard InChI is InChI=1S/C11H16N2OS/c1-4-12-11(15)13(2)9-7-5-6-8-10(9)14-3/h5-8H,4H2,1-3H3,(H,12,15). The molecule has 0 fully saturated rings. The van der Waals surface area contributed by atoms with Crippen molar-refractivity contribution in [2.75, 3.05) is 25.6 Å². The lowest BCUT2D eigenvalue weighted by atomic mass is 10.3. The summed E-state index contributed by atoms with van der Waals surface area (Å²) in [6.07, 6.45) is 0. The van der Waals surface area contributed by atoms with Crippen LogP contribution in [0, 0.1) is 0 Å². The van der Waals surface area contributed by atoms with Crippen molar-refractivity contribution in [3.05, 3.63) is 24.3 Å². The normalized spacial score (nSPS) is 9.53. The average Bonchev–Trinajstić information content (AvgIpc) is 2.28. The number of nitrogens with one attached hydrogen (secondary N) is 1. The first kappa shape index (κ1) is 11.8. The van der Waals surface area contributed by atoms with Gasteiger partial charge >= 0.3 is 0 Å². The van der Waals surface area contributed by atoms with Crippen molar-refractivity contribution in [1.82, 2.24) is 5.32 Å². The number of rotatable bonds is 3. The number of ether oxygens (including phenoxy) is 1. The Bertz CT molecular complexity index is 341. The lowest BCUT2D eigenvalue weighted by Crippen LogP contribution is -2.36. The van der Waals surface area contributed by atoms with Crippen LogP contribution < -0.4 is 15.0 Å². The molecule has 0 amide bonds. The molecule has 82 valence electrons. The fourth-order valence-electron chi connectivity index (χ4n) is 1.29. The zero-order valence-corrected chi connectivity index (χ0v) is 10.1. The molecule has 0 bridgehead atoms. The molecule has 1 aromatic carbocycles. The van der Waals surface area contributed by atoms with E-state index in [1.165, 1.54) is 0 Å². The van der Waals surface area contributed by atoms with Crippen molar-refractivity contribution in [2.24, 2.45) is 0 Å². The van der Waals surface area contributed by atoms with E-state index in [0.29, 0.717) is 5.11 Å². The van der Waals surface area contributed by atoms with Crippen molar-refractivity contribution < 1.29 is 4.74 Å². The molecule has 4 heteroatoms. The van der Waals surface area contributed by atoms with E-state index in [4.69, 9.17) is 17.0 Å². The van der Waals surface area contributed by atoms with Crippen molar-refractivity contribution in [3.8, 4) is 5.75 Å². The largest absolute Gasteiger partial charge is 0.495 e. The molecule has 0 saturated carbocycles. The van der Waals surface area contributed by atoms with E-state index in [2.05, 4.69) is 5.32 Å². The second kappa shape index (κ2) is 5.56. The van der Waals surface area contributed by atoms with E-state index in [-0.39, 0.29) is 0 Å². The average molecular weight is 224 g/mol.